The SMILES string of the molecule is O=C(Nc1ccccc1-c1cccs1)C(F)(F)C(F)F. The molecule has 0 aliphatic carbocycles. The molecule has 1 amide bonds. The average molecular weight is 303 g/mol. The quantitative estimate of drug-likeness (QED) is 0.840. The first-order valence-electron chi connectivity index (χ1n) is 5.53. The van der Waals surface area contributed by atoms with Crippen LogP contribution < -0.4 is 5.32 Å². The van der Waals surface area contributed by atoms with Crippen LogP contribution in [0.25, 0.3) is 10.4 Å². The van der Waals surface area contributed by atoms with Gasteiger partial charge in [0.2, 0.25) is 0 Å². The molecule has 2 aromatic rings. The highest BCUT2D eigenvalue weighted by molar-refractivity contribution is 7.13. The largest absolute Gasteiger partial charge is 0.383 e. The number of hydrogen-bond acceptors (Lipinski definition) is 2. The van der Waals surface area contributed by atoms with Gasteiger partial charge in [-0.1, -0.05) is 24.3 Å². The number of para-hydroxylation sites is 1. The Balaban J connectivity index is 2.29. The number of alkyl halides is 4. The Morgan fingerprint density at radius 3 is 2.45 bits per heavy atom. The van der Waals surface area contributed by atoms with Crippen LogP contribution in [0.2, 0.25) is 0 Å². The van der Waals surface area contributed by atoms with E-state index in [0.29, 0.717) is 5.56 Å². The van der Waals surface area contributed by atoms with Gasteiger partial charge in [-0.15, -0.1) is 11.3 Å². The van der Waals surface area contributed by atoms with Crippen molar-refractivity contribution in [3.8, 4) is 10.4 Å². The summed E-state index contributed by atoms with van der Waals surface area (Å²) in [5, 5.41) is 3.64. The maximum absolute atomic E-state index is 12.9. The number of hydrogen-bond donors (Lipinski definition) is 1. The van der Waals surface area contributed by atoms with Crippen LogP contribution in [-0.2, 0) is 4.79 Å². The third-order valence-corrected chi connectivity index (χ3v) is 3.44. The summed E-state index contributed by atoms with van der Waals surface area (Å²) >= 11 is 1.34. The first-order valence-corrected chi connectivity index (χ1v) is 6.41. The summed E-state index contributed by atoms with van der Waals surface area (Å²) in [6, 6.07) is 9.67. The van der Waals surface area contributed by atoms with Crippen LogP contribution in [0.3, 0.4) is 0 Å². The molecule has 0 radical (unpaired) electrons. The molecule has 0 saturated heterocycles. The van der Waals surface area contributed by atoms with Gasteiger partial charge in [0.05, 0.1) is 0 Å². The summed E-state index contributed by atoms with van der Waals surface area (Å²) in [5.74, 6) is -6.74. The average Bonchev–Trinajstić information content (AvgIpc) is 2.92. The van der Waals surface area contributed by atoms with E-state index in [9.17, 15) is 22.4 Å². The summed E-state index contributed by atoms with van der Waals surface area (Å²) in [7, 11) is 0. The van der Waals surface area contributed by atoms with Gasteiger partial charge in [-0.2, -0.15) is 8.78 Å². The molecule has 1 heterocycles. The van der Waals surface area contributed by atoms with Crippen molar-refractivity contribution in [3.63, 3.8) is 0 Å². The second kappa shape index (κ2) is 5.62. The summed E-state index contributed by atoms with van der Waals surface area (Å²) in [5.41, 5.74) is 0.571. The van der Waals surface area contributed by atoms with Gasteiger partial charge in [0.15, 0.2) is 0 Å². The van der Waals surface area contributed by atoms with Gasteiger partial charge in [-0.25, -0.2) is 8.78 Å². The van der Waals surface area contributed by atoms with E-state index in [1.807, 2.05) is 5.32 Å². The third kappa shape index (κ3) is 2.82. The Labute approximate surface area is 116 Å². The Kier molecular flexibility index (Phi) is 4.08. The van der Waals surface area contributed by atoms with Crippen LogP contribution in [0, 0.1) is 0 Å². The molecule has 1 N–H and O–H groups in total. The predicted molar refractivity (Wildman–Crippen MR) is 69.3 cm³/mol. The minimum atomic E-state index is -4.72. The fraction of sp³-hybridized carbons (Fsp3) is 0.154. The molecule has 0 fully saturated rings. The molecule has 0 aliphatic heterocycles. The molecular weight excluding hydrogens is 294 g/mol. The molecule has 106 valence electrons. The van der Waals surface area contributed by atoms with E-state index >= 15 is 0 Å². The molecule has 2 nitrogen and oxygen atoms in total. The van der Waals surface area contributed by atoms with Crippen molar-refractivity contribution >= 4 is 22.9 Å². The Bertz CT molecular complexity index is 598. The van der Waals surface area contributed by atoms with Crippen LogP contribution in [-0.4, -0.2) is 18.3 Å². The number of rotatable bonds is 4. The summed E-state index contributed by atoms with van der Waals surface area (Å²) < 4.78 is 50.1. The Hall–Kier alpha value is -1.89. The smallest absolute Gasteiger partial charge is 0.320 e. The van der Waals surface area contributed by atoms with Crippen LogP contribution >= 0.6 is 11.3 Å². The van der Waals surface area contributed by atoms with E-state index in [4.69, 9.17) is 0 Å². The molecule has 7 heteroatoms. The van der Waals surface area contributed by atoms with Gasteiger partial charge >= 0.3 is 18.3 Å². The van der Waals surface area contributed by atoms with Gasteiger partial charge in [0.1, 0.15) is 0 Å². The standard InChI is InChI=1S/C13H9F4NOS/c14-11(15)13(16,17)12(19)18-9-5-2-1-4-8(9)10-6-3-7-20-10/h1-7,11H,(H,18,19). The number of carbonyl (C=O) groups is 1. The third-order valence-electron chi connectivity index (χ3n) is 2.54. The minimum absolute atomic E-state index is 0.0697. The van der Waals surface area contributed by atoms with Crippen LogP contribution in [0.15, 0.2) is 41.8 Å². The minimum Gasteiger partial charge on any atom is -0.320 e. The lowest BCUT2D eigenvalue weighted by Gasteiger charge is -2.16. The normalized spacial score (nSPS) is 11.7. The number of anilines is 1. The molecule has 2 rings (SSSR count). The molecule has 0 aliphatic rings. The van der Waals surface area contributed by atoms with Crippen LogP contribution in [0.1, 0.15) is 0 Å². The molecule has 20 heavy (non-hydrogen) atoms. The number of halogens is 4. The van der Waals surface area contributed by atoms with Gasteiger partial charge in [-0.05, 0) is 17.5 Å². The summed E-state index contributed by atoms with van der Waals surface area (Å²) in [6.45, 7) is 0. The van der Waals surface area contributed by atoms with Gasteiger partial charge in [-0.3, -0.25) is 4.79 Å². The second-order valence-corrected chi connectivity index (χ2v) is 4.85. The highest BCUT2D eigenvalue weighted by atomic mass is 32.1. The zero-order valence-electron chi connectivity index (χ0n) is 9.95. The van der Waals surface area contributed by atoms with Gasteiger partial charge in [0, 0.05) is 16.1 Å². The summed E-state index contributed by atoms with van der Waals surface area (Å²) in [4.78, 5) is 12.0. The molecule has 0 unspecified atom stereocenters. The number of thiophene rings is 1. The van der Waals surface area contributed by atoms with Crippen molar-refractivity contribution in [3.05, 3.63) is 41.8 Å². The lowest BCUT2D eigenvalue weighted by Crippen LogP contribution is -2.41. The number of amides is 1. The topological polar surface area (TPSA) is 29.1 Å². The highest BCUT2D eigenvalue weighted by Crippen LogP contribution is 2.33. The summed E-state index contributed by atoms with van der Waals surface area (Å²) in [6.07, 6.45) is -4.04. The lowest BCUT2D eigenvalue weighted by atomic mass is 10.1. The second-order valence-electron chi connectivity index (χ2n) is 3.90. The highest BCUT2D eigenvalue weighted by Gasteiger charge is 2.49. The zero-order valence-corrected chi connectivity index (χ0v) is 10.8. The maximum Gasteiger partial charge on any atom is 0.383 e. The molecule has 0 saturated carbocycles. The molecule has 1 aromatic carbocycles. The molecule has 0 spiro atoms. The molecule has 0 atom stereocenters. The maximum atomic E-state index is 12.9. The first kappa shape index (κ1) is 14.5. The van der Waals surface area contributed by atoms with E-state index in [2.05, 4.69) is 0 Å². The Morgan fingerprint density at radius 1 is 1.15 bits per heavy atom. The zero-order chi connectivity index (χ0) is 14.8. The van der Waals surface area contributed by atoms with E-state index in [-0.39, 0.29) is 5.69 Å². The number of benzene rings is 1. The molecule has 1 aromatic heterocycles. The van der Waals surface area contributed by atoms with Crippen molar-refractivity contribution in [2.75, 3.05) is 5.32 Å². The lowest BCUT2D eigenvalue weighted by molar-refractivity contribution is -0.163. The van der Waals surface area contributed by atoms with Crippen LogP contribution in [0.5, 0.6) is 0 Å². The van der Waals surface area contributed by atoms with Crippen LogP contribution in [0.4, 0.5) is 23.2 Å². The van der Waals surface area contributed by atoms with E-state index in [1.165, 1.54) is 23.5 Å². The number of carbonyl (C=O) groups excluding carboxylic acids is 1. The first-order chi connectivity index (χ1) is 9.43. The fourth-order valence-corrected chi connectivity index (χ4v) is 2.31. The van der Waals surface area contributed by atoms with Gasteiger partial charge in [0.25, 0.3) is 0 Å². The van der Waals surface area contributed by atoms with Crippen molar-refractivity contribution in [1.29, 1.82) is 0 Å². The van der Waals surface area contributed by atoms with Crippen molar-refractivity contribution < 1.29 is 22.4 Å². The van der Waals surface area contributed by atoms with Crippen molar-refractivity contribution in [1.82, 2.24) is 0 Å². The predicted octanol–water partition coefficient (Wildman–Crippen LogP) is 4.25. The van der Waals surface area contributed by atoms with E-state index < -0.39 is 18.3 Å². The van der Waals surface area contributed by atoms with E-state index in [1.54, 1.807) is 29.6 Å². The van der Waals surface area contributed by atoms with Gasteiger partial charge < -0.3 is 5.32 Å². The fourth-order valence-electron chi connectivity index (χ4n) is 1.54. The monoisotopic (exact) mass is 303 g/mol. The van der Waals surface area contributed by atoms with Crippen molar-refractivity contribution in [2.45, 2.75) is 12.3 Å². The Morgan fingerprint density at radius 2 is 1.85 bits per heavy atom. The molecular formula is C13H9F4NOS. The van der Waals surface area contributed by atoms with E-state index in [0.717, 1.165) is 4.88 Å². The molecule has 0 bridgehead atoms. The number of nitrogens with one attached hydrogen (secondary N) is 1. The van der Waals surface area contributed by atoms with Crippen molar-refractivity contribution in [2.24, 2.45) is 0 Å².